The molecule has 0 spiro atoms. The number of fused-ring (bicyclic) bond motifs is 1. The average molecular weight is 288 g/mol. The van der Waals surface area contributed by atoms with E-state index in [1.807, 2.05) is 6.92 Å². The van der Waals surface area contributed by atoms with Crippen LogP contribution in [0.1, 0.15) is 23.7 Å². The summed E-state index contributed by atoms with van der Waals surface area (Å²) < 4.78 is 14.9. The number of aromatic nitrogens is 3. The molecule has 0 saturated heterocycles. The van der Waals surface area contributed by atoms with E-state index in [1.165, 1.54) is 6.07 Å². The van der Waals surface area contributed by atoms with E-state index in [2.05, 4.69) is 10.3 Å². The van der Waals surface area contributed by atoms with Crippen molar-refractivity contribution in [3.8, 4) is 0 Å². The van der Waals surface area contributed by atoms with Gasteiger partial charge in [0.25, 0.3) is 0 Å². The highest BCUT2D eigenvalue weighted by Crippen LogP contribution is 2.20. The molecule has 110 valence electrons. The number of aryl methyl sites for hydroxylation is 1. The third-order valence-electron chi connectivity index (χ3n) is 3.78. The molecule has 0 radical (unpaired) electrons. The second-order valence-corrected chi connectivity index (χ2v) is 5.22. The van der Waals surface area contributed by atoms with Gasteiger partial charge in [-0.2, -0.15) is 0 Å². The summed E-state index contributed by atoms with van der Waals surface area (Å²) in [6.45, 7) is 3.87. The van der Waals surface area contributed by atoms with Crippen LogP contribution >= 0.6 is 0 Å². The lowest BCUT2D eigenvalue weighted by Crippen LogP contribution is -2.37. The average Bonchev–Trinajstić information content (AvgIpc) is 2.94. The predicted molar refractivity (Wildman–Crippen MR) is 74.9 cm³/mol. The summed E-state index contributed by atoms with van der Waals surface area (Å²) in [5.74, 6) is -0.183. The molecule has 1 aliphatic rings. The molecule has 0 saturated carbocycles. The van der Waals surface area contributed by atoms with Crippen molar-refractivity contribution in [1.82, 2.24) is 19.9 Å². The molecular formula is C15H17FN4O. The fourth-order valence-electron chi connectivity index (χ4n) is 2.58. The van der Waals surface area contributed by atoms with Gasteiger partial charge in [0, 0.05) is 25.8 Å². The van der Waals surface area contributed by atoms with Crippen LogP contribution in [-0.4, -0.2) is 32.3 Å². The molecule has 2 heterocycles. The lowest BCUT2D eigenvalue weighted by atomic mass is 9.99. The molecule has 2 aromatic rings. The maximum atomic E-state index is 13.2. The summed E-state index contributed by atoms with van der Waals surface area (Å²) in [5.41, 5.74) is 2.70. The molecule has 0 fully saturated rings. The Hall–Kier alpha value is -2.24. The first-order valence-corrected chi connectivity index (χ1v) is 7.10. The Labute approximate surface area is 122 Å². The van der Waals surface area contributed by atoms with Crippen molar-refractivity contribution < 1.29 is 9.18 Å². The first kappa shape index (κ1) is 13.7. The van der Waals surface area contributed by atoms with E-state index < -0.39 is 0 Å². The Kier molecular flexibility index (Phi) is 3.68. The maximum absolute atomic E-state index is 13.2. The summed E-state index contributed by atoms with van der Waals surface area (Å²) in [6.07, 6.45) is 2.75. The second-order valence-electron chi connectivity index (χ2n) is 5.22. The molecule has 21 heavy (non-hydrogen) atoms. The summed E-state index contributed by atoms with van der Waals surface area (Å²) in [5, 5.41) is 7.93. The minimum absolute atomic E-state index is 0.0353. The smallest absolute Gasteiger partial charge is 0.229 e. The monoisotopic (exact) mass is 288 g/mol. The third kappa shape index (κ3) is 2.94. The van der Waals surface area contributed by atoms with E-state index in [4.69, 9.17) is 0 Å². The molecule has 1 aromatic carbocycles. The van der Waals surface area contributed by atoms with E-state index in [-0.39, 0.29) is 18.1 Å². The van der Waals surface area contributed by atoms with Gasteiger partial charge in [0.15, 0.2) is 0 Å². The Balaban J connectivity index is 1.67. The molecule has 1 amide bonds. The second kappa shape index (κ2) is 5.63. The van der Waals surface area contributed by atoms with Crippen molar-refractivity contribution in [2.45, 2.75) is 32.9 Å². The Morgan fingerprint density at radius 2 is 2.24 bits per heavy atom. The standard InChI is InChI=1S/C15H17FN4O/c1-2-20-10-14(17-18-20)8-15(21)19-6-5-11-7-13(16)4-3-12(11)9-19/h3-4,7,10H,2,5-6,8-9H2,1H3. The number of halogens is 1. The summed E-state index contributed by atoms with van der Waals surface area (Å²) >= 11 is 0. The van der Waals surface area contributed by atoms with Crippen LogP contribution in [-0.2, 0) is 30.7 Å². The van der Waals surface area contributed by atoms with Gasteiger partial charge < -0.3 is 4.90 Å². The molecule has 0 aliphatic carbocycles. The summed E-state index contributed by atoms with van der Waals surface area (Å²) in [4.78, 5) is 14.1. The van der Waals surface area contributed by atoms with Gasteiger partial charge in [-0.15, -0.1) is 5.10 Å². The van der Waals surface area contributed by atoms with Crippen LogP contribution in [0.25, 0.3) is 0 Å². The highest BCUT2D eigenvalue weighted by atomic mass is 19.1. The predicted octanol–water partition coefficient (Wildman–Crippen LogP) is 1.56. The number of carbonyl (C=O) groups is 1. The Bertz CT molecular complexity index is 667. The van der Waals surface area contributed by atoms with E-state index in [1.54, 1.807) is 27.9 Å². The van der Waals surface area contributed by atoms with Crippen LogP contribution in [0.4, 0.5) is 4.39 Å². The Morgan fingerprint density at radius 3 is 3.00 bits per heavy atom. The highest BCUT2D eigenvalue weighted by molar-refractivity contribution is 5.78. The minimum atomic E-state index is -0.218. The molecule has 0 N–H and O–H groups in total. The van der Waals surface area contributed by atoms with Crippen molar-refractivity contribution in [2.75, 3.05) is 6.54 Å². The third-order valence-corrected chi connectivity index (χ3v) is 3.78. The topological polar surface area (TPSA) is 51.0 Å². The Morgan fingerprint density at radius 1 is 1.38 bits per heavy atom. The number of nitrogens with zero attached hydrogens (tertiary/aromatic N) is 4. The van der Waals surface area contributed by atoms with Crippen LogP contribution in [0, 0.1) is 5.82 Å². The fraction of sp³-hybridized carbons (Fsp3) is 0.400. The molecule has 0 bridgehead atoms. The highest BCUT2D eigenvalue weighted by Gasteiger charge is 2.21. The SMILES string of the molecule is CCn1cc(CC(=O)N2CCc3cc(F)ccc3C2)nn1. The number of hydrogen-bond donors (Lipinski definition) is 0. The van der Waals surface area contributed by atoms with Gasteiger partial charge in [-0.25, -0.2) is 4.39 Å². The number of amides is 1. The molecule has 1 aromatic heterocycles. The van der Waals surface area contributed by atoms with Crippen LogP contribution in [0.15, 0.2) is 24.4 Å². The van der Waals surface area contributed by atoms with Crippen LogP contribution < -0.4 is 0 Å². The molecule has 5 nitrogen and oxygen atoms in total. The zero-order valence-corrected chi connectivity index (χ0v) is 11.9. The van der Waals surface area contributed by atoms with Gasteiger partial charge in [-0.05, 0) is 36.6 Å². The minimum Gasteiger partial charge on any atom is -0.338 e. The molecule has 6 heteroatoms. The molecule has 3 rings (SSSR count). The van der Waals surface area contributed by atoms with Crippen molar-refractivity contribution in [2.24, 2.45) is 0 Å². The lowest BCUT2D eigenvalue weighted by Gasteiger charge is -2.28. The fourth-order valence-corrected chi connectivity index (χ4v) is 2.58. The maximum Gasteiger partial charge on any atom is 0.229 e. The molecular weight excluding hydrogens is 271 g/mol. The van der Waals surface area contributed by atoms with Crippen LogP contribution in [0.5, 0.6) is 0 Å². The molecule has 0 unspecified atom stereocenters. The van der Waals surface area contributed by atoms with Gasteiger partial charge in [0.1, 0.15) is 5.82 Å². The van der Waals surface area contributed by atoms with Crippen LogP contribution in [0.2, 0.25) is 0 Å². The van der Waals surface area contributed by atoms with E-state index >= 15 is 0 Å². The normalized spacial score (nSPS) is 14.1. The van der Waals surface area contributed by atoms with Gasteiger partial charge in [-0.1, -0.05) is 11.3 Å². The first-order chi connectivity index (χ1) is 10.2. The van der Waals surface area contributed by atoms with Gasteiger partial charge in [0.05, 0.1) is 12.1 Å². The van der Waals surface area contributed by atoms with Crippen molar-refractivity contribution in [3.63, 3.8) is 0 Å². The molecule has 1 aliphatic heterocycles. The van der Waals surface area contributed by atoms with E-state index in [9.17, 15) is 9.18 Å². The van der Waals surface area contributed by atoms with E-state index in [0.717, 1.165) is 17.7 Å². The first-order valence-electron chi connectivity index (χ1n) is 7.10. The number of carbonyl (C=O) groups excluding carboxylic acids is 1. The number of rotatable bonds is 3. The van der Waals surface area contributed by atoms with Gasteiger partial charge in [-0.3, -0.25) is 9.48 Å². The number of benzene rings is 1. The summed E-state index contributed by atoms with van der Waals surface area (Å²) in [7, 11) is 0. The van der Waals surface area contributed by atoms with Gasteiger partial charge in [0.2, 0.25) is 5.91 Å². The van der Waals surface area contributed by atoms with Gasteiger partial charge >= 0.3 is 0 Å². The van der Waals surface area contributed by atoms with E-state index in [0.29, 0.717) is 25.2 Å². The quantitative estimate of drug-likeness (QED) is 0.861. The summed E-state index contributed by atoms with van der Waals surface area (Å²) in [6, 6.07) is 4.76. The zero-order valence-electron chi connectivity index (χ0n) is 11.9. The van der Waals surface area contributed by atoms with Crippen molar-refractivity contribution in [1.29, 1.82) is 0 Å². The largest absolute Gasteiger partial charge is 0.338 e. The van der Waals surface area contributed by atoms with Crippen LogP contribution in [0.3, 0.4) is 0 Å². The zero-order chi connectivity index (χ0) is 14.8. The lowest BCUT2D eigenvalue weighted by molar-refractivity contribution is -0.131. The molecule has 0 atom stereocenters. The number of hydrogen-bond acceptors (Lipinski definition) is 3. The van der Waals surface area contributed by atoms with Crippen molar-refractivity contribution in [3.05, 3.63) is 47.0 Å². The van der Waals surface area contributed by atoms with Crippen molar-refractivity contribution >= 4 is 5.91 Å².